The van der Waals surface area contributed by atoms with E-state index in [2.05, 4.69) is 60.4 Å². The number of nitrogens with zero attached hydrogens (tertiary/aromatic N) is 7. The van der Waals surface area contributed by atoms with Crippen molar-refractivity contribution in [3.63, 3.8) is 0 Å². The summed E-state index contributed by atoms with van der Waals surface area (Å²) in [5, 5.41) is 18.6. The summed E-state index contributed by atoms with van der Waals surface area (Å²) in [4.78, 5) is 80.1. The number of phosphoric acid groups is 7. The molecule has 1 aliphatic heterocycles. The summed E-state index contributed by atoms with van der Waals surface area (Å²) >= 11 is 0. The average Bonchev–Trinajstić information content (AvgIpc) is 3.93. The van der Waals surface area contributed by atoms with E-state index in [-0.39, 0.29) is 43.0 Å². The molecule has 3 aromatic rings. The average molecular weight is 1130 g/mol. The van der Waals surface area contributed by atoms with Gasteiger partial charge in [0.1, 0.15) is 24.2 Å². The van der Waals surface area contributed by atoms with Crippen molar-refractivity contribution in [1.29, 1.82) is 0 Å². The number of imidazole rings is 1. The fourth-order valence-corrected chi connectivity index (χ4v) is 14.8. The Morgan fingerprint density at radius 2 is 1.16 bits per heavy atom. The summed E-state index contributed by atoms with van der Waals surface area (Å²) < 4.78 is 131. The van der Waals surface area contributed by atoms with Gasteiger partial charge in [-0.3, -0.25) is 27.3 Å². The SMILES string of the molecule is CCOP(=O)(O)OCCCCc1cn(CCCCCCCCCCCOP(=O)(O)OP(=O)(O)OP(=O)(O)OP(=O)(O)OP(=O)(O)OP(=O)(O)OC[C@H]2O[C@@H](n3cnc4c(N)ncnc43)CC2O)nn1. The van der Waals surface area contributed by atoms with Crippen molar-refractivity contribution >= 4 is 71.7 Å². The smallest absolute Gasteiger partial charge is 0.390 e. The normalized spacial score (nSPS) is 22.8. The van der Waals surface area contributed by atoms with Crippen LogP contribution in [0.15, 0.2) is 18.9 Å². The summed E-state index contributed by atoms with van der Waals surface area (Å²) in [7, 11) is -40.7. The molecule has 0 amide bonds. The Labute approximate surface area is 393 Å². The molecule has 4 heterocycles. The van der Waals surface area contributed by atoms with E-state index in [1.54, 1.807) is 11.6 Å². The zero-order valence-electron chi connectivity index (χ0n) is 36.5. The number of unbranched alkanes of at least 4 members (excludes halogenated alkanes) is 9. The van der Waals surface area contributed by atoms with Crippen LogP contribution >= 0.6 is 54.8 Å². The second kappa shape index (κ2) is 26.5. The van der Waals surface area contributed by atoms with E-state index in [1.165, 1.54) is 10.9 Å². The number of hydrogen-bond acceptors (Lipinski definition) is 24. The van der Waals surface area contributed by atoms with Crippen LogP contribution in [0, 0.1) is 0 Å². The molecule has 4 rings (SSSR count). The van der Waals surface area contributed by atoms with E-state index < -0.39 is 86.4 Å². The molecule has 1 saturated heterocycles. The third-order valence-electron chi connectivity index (χ3n) is 9.08. The van der Waals surface area contributed by atoms with Crippen LogP contribution in [0.25, 0.3) is 11.2 Å². The summed E-state index contributed by atoms with van der Waals surface area (Å²) in [5.74, 6) is 0.0410. The van der Waals surface area contributed by atoms with Gasteiger partial charge in [0.15, 0.2) is 11.5 Å². The molecule has 0 radical (unpaired) electrons. The van der Waals surface area contributed by atoms with Crippen molar-refractivity contribution in [2.75, 3.05) is 32.2 Å². The Hall–Kier alpha value is -1.62. The predicted octanol–water partition coefficient (Wildman–Crippen LogP) is 5.05. The Morgan fingerprint density at radius 3 is 1.74 bits per heavy atom. The molecule has 0 bridgehead atoms. The predicted molar refractivity (Wildman–Crippen MR) is 232 cm³/mol. The molecule has 0 aliphatic carbocycles. The Kier molecular flexibility index (Phi) is 23.1. The molecule has 1 fully saturated rings. The molecule has 0 saturated carbocycles. The molecule has 0 aromatic carbocycles. The first-order valence-corrected chi connectivity index (χ1v) is 31.2. The van der Waals surface area contributed by atoms with Crippen molar-refractivity contribution in [1.82, 2.24) is 34.5 Å². The van der Waals surface area contributed by atoms with Crippen LogP contribution in [0.4, 0.5) is 5.82 Å². The molecule has 33 nitrogen and oxygen atoms in total. The number of aliphatic hydroxyl groups excluding tert-OH is 1. The zero-order chi connectivity index (χ0) is 51.2. The van der Waals surface area contributed by atoms with Crippen LogP contribution in [-0.2, 0) is 89.3 Å². The first kappa shape index (κ1) is 59.9. The molecule has 3 aromatic heterocycles. The number of ether oxygens (including phenoxy) is 1. The lowest BCUT2D eigenvalue weighted by Gasteiger charge is -2.21. The monoisotopic (exact) mass is 1130 g/mol. The number of rotatable bonds is 35. The number of aliphatic hydroxyl groups is 1. The third-order valence-corrected chi connectivity index (χ3v) is 19.4. The molecule has 40 heteroatoms. The zero-order valence-corrected chi connectivity index (χ0v) is 42.8. The van der Waals surface area contributed by atoms with Crippen molar-refractivity contribution < 1.29 is 116 Å². The van der Waals surface area contributed by atoms with Gasteiger partial charge in [-0.05, 0) is 39.0 Å². The minimum absolute atomic E-state index is 0.0410. The maximum absolute atomic E-state index is 12.4. The molecule has 396 valence electrons. The quantitative estimate of drug-likeness (QED) is 0.0275. The van der Waals surface area contributed by atoms with Gasteiger partial charge in [-0.25, -0.2) is 46.9 Å². The minimum Gasteiger partial charge on any atom is -0.390 e. The summed E-state index contributed by atoms with van der Waals surface area (Å²) in [6.07, 6.45) is 9.10. The third kappa shape index (κ3) is 22.2. The lowest BCUT2D eigenvalue weighted by Crippen LogP contribution is -2.26. The van der Waals surface area contributed by atoms with Crippen molar-refractivity contribution in [2.24, 2.45) is 0 Å². The van der Waals surface area contributed by atoms with Crippen molar-refractivity contribution in [2.45, 2.75) is 115 Å². The highest BCUT2D eigenvalue weighted by atomic mass is 31.3. The molecule has 69 heavy (non-hydrogen) atoms. The van der Waals surface area contributed by atoms with Gasteiger partial charge in [0.05, 0.1) is 44.6 Å². The number of aromatic nitrogens is 7. The van der Waals surface area contributed by atoms with Gasteiger partial charge in [-0.15, -0.1) is 5.10 Å². The Morgan fingerprint density at radius 1 is 0.652 bits per heavy atom. The van der Waals surface area contributed by atoms with Crippen LogP contribution in [0.5, 0.6) is 0 Å². The van der Waals surface area contributed by atoms with Crippen LogP contribution in [0.1, 0.15) is 95.9 Å². The Balaban J connectivity index is 1.06. The number of hydrogen-bond donors (Lipinski definition) is 9. The molecular weight excluding hydrogens is 1080 g/mol. The number of aryl methyl sites for hydroxylation is 2. The summed E-state index contributed by atoms with van der Waals surface area (Å²) in [5.41, 5.74) is 6.96. The van der Waals surface area contributed by atoms with E-state index in [0.717, 1.165) is 50.5 Å². The summed E-state index contributed by atoms with van der Waals surface area (Å²) in [6, 6.07) is 0. The molecular formula is C29H55N8O25P7. The number of fused-ring (bicyclic) bond motifs is 1. The van der Waals surface area contributed by atoms with Crippen molar-refractivity contribution in [3.8, 4) is 0 Å². The first-order chi connectivity index (χ1) is 32.1. The lowest BCUT2D eigenvalue weighted by atomic mass is 10.1. The van der Waals surface area contributed by atoms with E-state index in [0.29, 0.717) is 38.6 Å². The lowest BCUT2D eigenvalue weighted by molar-refractivity contribution is -0.0423. The van der Waals surface area contributed by atoms with Crippen LogP contribution in [0.3, 0.4) is 0 Å². The fourth-order valence-electron chi connectivity index (χ4n) is 6.19. The molecule has 10 N–H and O–H groups in total. The second-order valence-electron chi connectivity index (χ2n) is 14.7. The van der Waals surface area contributed by atoms with E-state index in [4.69, 9.17) is 15.0 Å². The number of anilines is 1. The molecule has 0 spiro atoms. The Bertz CT molecular complexity index is 2470. The van der Waals surface area contributed by atoms with E-state index in [9.17, 15) is 71.3 Å². The van der Waals surface area contributed by atoms with Crippen LogP contribution in [-0.4, -0.2) is 113 Å². The van der Waals surface area contributed by atoms with E-state index in [1.807, 2.05) is 6.20 Å². The van der Waals surface area contributed by atoms with Crippen LogP contribution in [0.2, 0.25) is 0 Å². The van der Waals surface area contributed by atoms with Gasteiger partial charge < -0.3 is 49.8 Å². The van der Waals surface area contributed by atoms with Crippen LogP contribution < -0.4 is 5.73 Å². The van der Waals surface area contributed by atoms with Gasteiger partial charge in [-0.2, -0.15) is 21.6 Å². The second-order valence-corrected chi connectivity index (χ2v) is 25.6. The number of phosphoric ester groups is 3. The minimum atomic E-state index is -6.46. The standard InChI is InChI=1S/C29H55N8O25P7/c1-2-53-63(39,40)54-17-13-10-14-23-19-36(35-34-23)15-11-8-6-4-3-5-7-9-12-16-55-64(41,42)58-66(45,46)60-68(49,50)62-69(51,52)61-67(47,48)59-65(43,44)56-20-25-24(38)18-26(57-25)37-22-33-27-28(30)31-21-32-29(27)37/h19,21-22,24-26,38H,2-18,20H2,1H3,(H,39,40)(H,41,42)(H,43,44)(H,45,46)(H,47,48)(H,49,50)(H,51,52)(H2,30,31,32)/t24?,25-,26-/m1/s1. The largest absolute Gasteiger partial charge is 0.490 e. The van der Waals surface area contributed by atoms with Gasteiger partial charge >= 0.3 is 54.8 Å². The van der Waals surface area contributed by atoms with Gasteiger partial charge in [-0.1, -0.05) is 50.2 Å². The highest BCUT2D eigenvalue weighted by Crippen LogP contribution is 2.75. The maximum Gasteiger partial charge on any atom is 0.490 e. The number of nitrogens with two attached hydrogens (primary N) is 1. The highest BCUT2D eigenvalue weighted by Gasteiger charge is 2.50. The van der Waals surface area contributed by atoms with Gasteiger partial charge in [0.25, 0.3) is 0 Å². The molecule has 1 aliphatic rings. The first-order valence-electron chi connectivity index (χ1n) is 20.7. The topological polar surface area (TPSA) is 474 Å². The van der Waals surface area contributed by atoms with Gasteiger partial charge in [0.2, 0.25) is 0 Å². The molecule has 8 unspecified atom stereocenters. The highest BCUT2D eigenvalue weighted by molar-refractivity contribution is 7.72. The van der Waals surface area contributed by atoms with Crippen molar-refractivity contribution in [3.05, 3.63) is 24.5 Å². The number of nitrogen functional groups attached to an aromatic ring is 1. The fraction of sp³-hybridized carbons (Fsp3) is 0.759. The summed E-state index contributed by atoms with van der Waals surface area (Å²) in [6.45, 7) is 0.942. The van der Waals surface area contributed by atoms with E-state index >= 15 is 0 Å². The van der Waals surface area contributed by atoms with Gasteiger partial charge in [0, 0.05) is 19.2 Å². The molecule has 10 atom stereocenters. The maximum atomic E-state index is 12.4.